The van der Waals surface area contributed by atoms with Gasteiger partial charge in [-0.25, -0.2) is 0 Å². The molecule has 3 nitrogen and oxygen atoms in total. The Balaban J connectivity index is 2.35. The molecule has 0 fully saturated rings. The topological polar surface area (TPSA) is 41.1 Å². The van der Waals surface area contributed by atoms with Gasteiger partial charge in [0.1, 0.15) is 6.04 Å². The quantitative estimate of drug-likeness (QED) is 0.712. The summed E-state index contributed by atoms with van der Waals surface area (Å²) in [5.74, 6) is 0.0607. The van der Waals surface area contributed by atoms with Gasteiger partial charge in [-0.2, -0.15) is 0 Å². The third kappa shape index (κ3) is 1.45. The average Bonchev–Trinajstić information content (AvgIpc) is 2.16. The molecule has 1 atom stereocenters. The number of hydrogen-bond acceptors (Lipinski definition) is 2. The van der Waals surface area contributed by atoms with Crippen molar-refractivity contribution in [3.8, 4) is 0 Å². The molecule has 14 heavy (non-hydrogen) atoms. The van der Waals surface area contributed by atoms with Gasteiger partial charge >= 0.3 is 0 Å². The summed E-state index contributed by atoms with van der Waals surface area (Å²) in [4.78, 5) is 11.5. The summed E-state index contributed by atoms with van der Waals surface area (Å²) in [6.07, 6.45) is 0.805. The Bertz CT molecular complexity index is 374. The van der Waals surface area contributed by atoms with Gasteiger partial charge < -0.3 is 10.6 Å². The van der Waals surface area contributed by atoms with Gasteiger partial charge in [0.2, 0.25) is 5.91 Å². The molecule has 74 valence electrons. The van der Waals surface area contributed by atoms with Gasteiger partial charge in [0.15, 0.2) is 0 Å². The van der Waals surface area contributed by atoms with Gasteiger partial charge in [-0.05, 0) is 31.0 Å². The van der Waals surface area contributed by atoms with Crippen LogP contribution in [0, 0.1) is 6.92 Å². The normalized spacial score (nSPS) is 19.6. The smallest absolute Gasteiger partial charge is 0.246 e. The van der Waals surface area contributed by atoms with Crippen molar-refractivity contribution in [3.05, 3.63) is 23.8 Å². The highest BCUT2D eigenvalue weighted by molar-refractivity contribution is 6.02. The molecule has 1 unspecified atom stereocenters. The van der Waals surface area contributed by atoms with Gasteiger partial charge in [-0.3, -0.25) is 4.79 Å². The summed E-state index contributed by atoms with van der Waals surface area (Å²) < 4.78 is 0. The number of aryl methyl sites for hydroxylation is 1. The molecule has 0 saturated carbocycles. The van der Waals surface area contributed by atoms with E-state index in [9.17, 15) is 4.79 Å². The number of hydrogen-bond donors (Lipinski definition) is 2. The second kappa shape index (κ2) is 3.33. The van der Waals surface area contributed by atoms with Crippen molar-refractivity contribution < 1.29 is 4.79 Å². The van der Waals surface area contributed by atoms with Crippen molar-refractivity contribution in [1.82, 2.24) is 0 Å². The molecule has 1 aromatic carbocycles. The van der Waals surface area contributed by atoms with E-state index in [4.69, 9.17) is 0 Å². The van der Waals surface area contributed by atoms with E-state index in [1.165, 1.54) is 0 Å². The number of fused-ring (bicyclic) bond motifs is 1. The van der Waals surface area contributed by atoms with Crippen LogP contribution in [0.5, 0.6) is 0 Å². The molecular weight excluding hydrogens is 176 g/mol. The van der Waals surface area contributed by atoms with Crippen molar-refractivity contribution in [2.45, 2.75) is 26.3 Å². The van der Waals surface area contributed by atoms with Gasteiger partial charge in [0.05, 0.1) is 11.4 Å². The minimum absolute atomic E-state index is 0.0607. The fraction of sp³-hybridized carbons (Fsp3) is 0.364. The van der Waals surface area contributed by atoms with Crippen LogP contribution in [0.15, 0.2) is 18.2 Å². The Hall–Kier alpha value is -1.51. The first-order valence-electron chi connectivity index (χ1n) is 4.88. The van der Waals surface area contributed by atoms with Gasteiger partial charge in [0.25, 0.3) is 0 Å². The number of rotatable bonds is 1. The van der Waals surface area contributed by atoms with Crippen LogP contribution in [0.4, 0.5) is 11.4 Å². The second-order valence-electron chi connectivity index (χ2n) is 3.64. The van der Waals surface area contributed by atoms with Crippen molar-refractivity contribution in [2.75, 3.05) is 10.6 Å². The lowest BCUT2D eigenvalue weighted by molar-refractivity contribution is -0.117. The maximum Gasteiger partial charge on any atom is 0.246 e. The number of benzene rings is 1. The SMILES string of the molecule is CCC1Nc2ccc(C)cc2NC1=O. The molecule has 1 aromatic rings. The third-order valence-corrected chi connectivity index (χ3v) is 2.49. The fourth-order valence-electron chi connectivity index (χ4n) is 1.65. The monoisotopic (exact) mass is 190 g/mol. The maximum absolute atomic E-state index is 11.5. The lowest BCUT2D eigenvalue weighted by Crippen LogP contribution is -2.38. The molecule has 2 rings (SSSR count). The highest BCUT2D eigenvalue weighted by Gasteiger charge is 2.23. The molecule has 0 spiro atoms. The molecule has 0 aliphatic carbocycles. The number of anilines is 2. The van der Waals surface area contributed by atoms with Crippen LogP contribution in [-0.2, 0) is 4.79 Å². The fourth-order valence-corrected chi connectivity index (χ4v) is 1.65. The molecule has 1 aliphatic heterocycles. The van der Waals surface area contributed by atoms with E-state index in [-0.39, 0.29) is 11.9 Å². The van der Waals surface area contributed by atoms with Gasteiger partial charge in [-0.1, -0.05) is 13.0 Å². The van der Waals surface area contributed by atoms with E-state index in [0.29, 0.717) is 0 Å². The first-order chi connectivity index (χ1) is 6.70. The Kier molecular flexibility index (Phi) is 2.15. The summed E-state index contributed by atoms with van der Waals surface area (Å²) in [5, 5.41) is 6.11. The molecule has 1 amide bonds. The number of nitrogens with one attached hydrogen (secondary N) is 2. The molecule has 0 radical (unpaired) electrons. The van der Waals surface area contributed by atoms with Crippen molar-refractivity contribution in [3.63, 3.8) is 0 Å². The standard InChI is InChI=1S/C11H14N2O/c1-3-8-11(14)13-10-6-7(2)4-5-9(10)12-8/h4-6,8,12H,3H2,1-2H3,(H,13,14). The maximum atomic E-state index is 11.5. The minimum atomic E-state index is -0.0924. The highest BCUT2D eigenvalue weighted by atomic mass is 16.2. The predicted molar refractivity (Wildman–Crippen MR) is 57.5 cm³/mol. The van der Waals surface area contributed by atoms with E-state index in [0.717, 1.165) is 23.4 Å². The first-order valence-corrected chi connectivity index (χ1v) is 4.88. The second-order valence-corrected chi connectivity index (χ2v) is 3.64. The molecule has 3 heteroatoms. The van der Waals surface area contributed by atoms with Crippen LogP contribution < -0.4 is 10.6 Å². The molecular formula is C11H14N2O. The summed E-state index contributed by atoms with van der Waals surface area (Å²) in [5.41, 5.74) is 3.06. The lowest BCUT2D eigenvalue weighted by atomic mass is 10.1. The molecule has 0 bridgehead atoms. The van der Waals surface area contributed by atoms with Crippen LogP contribution in [0.3, 0.4) is 0 Å². The van der Waals surface area contributed by atoms with E-state index in [1.807, 2.05) is 32.0 Å². The minimum Gasteiger partial charge on any atom is -0.372 e. The van der Waals surface area contributed by atoms with E-state index in [1.54, 1.807) is 0 Å². The average molecular weight is 190 g/mol. The van der Waals surface area contributed by atoms with Crippen LogP contribution in [0.2, 0.25) is 0 Å². The van der Waals surface area contributed by atoms with E-state index < -0.39 is 0 Å². The van der Waals surface area contributed by atoms with Crippen LogP contribution >= 0.6 is 0 Å². The molecule has 1 aliphatic rings. The highest BCUT2D eigenvalue weighted by Crippen LogP contribution is 2.27. The Morgan fingerprint density at radius 2 is 2.14 bits per heavy atom. The largest absolute Gasteiger partial charge is 0.372 e. The Morgan fingerprint density at radius 3 is 2.86 bits per heavy atom. The van der Waals surface area contributed by atoms with Crippen LogP contribution in [-0.4, -0.2) is 11.9 Å². The zero-order valence-corrected chi connectivity index (χ0v) is 8.42. The summed E-state index contributed by atoms with van der Waals surface area (Å²) in [6.45, 7) is 4.01. The van der Waals surface area contributed by atoms with Crippen molar-refractivity contribution >= 4 is 17.3 Å². The van der Waals surface area contributed by atoms with Gasteiger partial charge in [-0.15, -0.1) is 0 Å². The summed E-state index contributed by atoms with van der Waals surface area (Å²) in [6, 6.07) is 5.93. The zero-order chi connectivity index (χ0) is 10.1. The van der Waals surface area contributed by atoms with E-state index in [2.05, 4.69) is 10.6 Å². The zero-order valence-electron chi connectivity index (χ0n) is 8.42. The number of carbonyl (C=O) groups is 1. The molecule has 1 heterocycles. The Morgan fingerprint density at radius 1 is 1.36 bits per heavy atom. The molecule has 0 saturated heterocycles. The molecule has 2 N–H and O–H groups in total. The van der Waals surface area contributed by atoms with Crippen LogP contribution in [0.25, 0.3) is 0 Å². The van der Waals surface area contributed by atoms with Crippen molar-refractivity contribution in [2.24, 2.45) is 0 Å². The predicted octanol–water partition coefficient (Wildman–Crippen LogP) is 2.14. The Labute approximate surface area is 83.5 Å². The lowest BCUT2D eigenvalue weighted by Gasteiger charge is -2.26. The van der Waals surface area contributed by atoms with E-state index >= 15 is 0 Å². The van der Waals surface area contributed by atoms with Crippen LogP contribution in [0.1, 0.15) is 18.9 Å². The number of amides is 1. The first kappa shape index (κ1) is 9.06. The molecule has 0 aromatic heterocycles. The number of carbonyl (C=O) groups excluding carboxylic acids is 1. The summed E-state index contributed by atoms with van der Waals surface area (Å²) >= 11 is 0. The summed E-state index contributed by atoms with van der Waals surface area (Å²) in [7, 11) is 0. The van der Waals surface area contributed by atoms with Gasteiger partial charge in [0, 0.05) is 0 Å². The third-order valence-electron chi connectivity index (χ3n) is 2.49. The van der Waals surface area contributed by atoms with Crippen molar-refractivity contribution in [1.29, 1.82) is 0 Å².